The number of hydrogen-bond acceptors (Lipinski definition) is 6. The van der Waals surface area contributed by atoms with Gasteiger partial charge >= 0.3 is 17.9 Å². The predicted molar refractivity (Wildman–Crippen MR) is 116 cm³/mol. The van der Waals surface area contributed by atoms with Crippen molar-refractivity contribution in [3.63, 3.8) is 0 Å². The summed E-state index contributed by atoms with van der Waals surface area (Å²) >= 11 is 2.23. The van der Waals surface area contributed by atoms with Gasteiger partial charge in [-0.3, -0.25) is 9.59 Å². The number of hydrogen-bond donors (Lipinski definition) is 0. The maximum Gasteiger partial charge on any atom is 0.333 e. The van der Waals surface area contributed by atoms with Crippen LogP contribution in [0.4, 0.5) is 0 Å². The summed E-state index contributed by atoms with van der Waals surface area (Å²) in [4.78, 5) is 38.0. The third-order valence-electron chi connectivity index (χ3n) is 6.87. The van der Waals surface area contributed by atoms with Crippen molar-refractivity contribution in [1.29, 1.82) is 0 Å². The largest absolute Gasteiger partial charge is 0.458 e. The van der Waals surface area contributed by atoms with Gasteiger partial charge in [-0.2, -0.15) is 0 Å². The molecule has 2 saturated carbocycles. The molecule has 2 aliphatic carbocycles. The molecule has 3 fully saturated rings. The minimum atomic E-state index is -0.810. The highest BCUT2D eigenvalue weighted by Crippen LogP contribution is 2.59. The van der Waals surface area contributed by atoms with Crippen molar-refractivity contribution in [2.45, 2.75) is 51.4 Å². The molecular weight excluding hydrogens is 499 g/mol. The lowest BCUT2D eigenvalue weighted by atomic mass is 9.78. The van der Waals surface area contributed by atoms with Gasteiger partial charge in [0, 0.05) is 21.0 Å². The van der Waals surface area contributed by atoms with Crippen molar-refractivity contribution < 1.29 is 28.6 Å². The van der Waals surface area contributed by atoms with Crippen LogP contribution in [0.3, 0.4) is 0 Å². The summed E-state index contributed by atoms with van der Waals surface area (Å²) < 4.78 is 18.2. The Morgan fingerprint density at radius 1 is 1.27 bits per heavy atom. The number of carbonyl (C=O) groups is 3. The Balaban J connectivity index is 1.58. The summed E-state index contributed by atoms with van der Waals surface area (Å²) in [7, 11) is 0. The van der Waals surface area contributed by atoms with Gasteiger partial charge in [-0.1, -0.05) is 25.6 Å². The first kappa shape index (κ1) is 21.3. The fourth-order valence-corrected chi connectivity index (χ4v) is 5.48. The Kier molecular flexibility index (Phi) is 5.45. The maximum absolute atomic E-state index is 13.4. The smallest absolute Gasteiger partial charge is 0.333 e. The topological polar surface area (TPSA) is 78.9 Å². The van der Waals surface area contributed by atoms with Gasteiger partial charge in [-0.25, -0.2) is 4.79 Å². The van der Waals surface area contributed by atoms with E-state index < -0.39 is 47.6 Å². The van der Waals surface area contributed by atoms with Crippen LogP contribution >= 0.6 is 22.6 Å². The molecule has 1 aliphatic heterocycles. The summed E-state index contributed by atoms with van der Waals surface area (Å²) in [6, 6.07) is 7.86. The maximum atomic E-state index is 13.4. The average Bonchev–Trinajstić information content (AvgIpc) is 3.31. The zero-order chi connectivity index (χ0) is 21.8. The van der Waals surface area contributed by atoms with Crippen molar-refractivity contribution in [2.24, 2.45) is 23.7 Å². The van der Waals surface area contributed by atoms with Crippen LogP contribution in [0.1, 0.15) is 39.2 Å². The summed E-state index contributed by atoms with van der Waals surface area (Å²) in [5, 5.41) is 0. The van der Waals surface area contributed by atoms with Crippen LogP contribution in [0.2, 0.25) is 0 Å². The monoisotopic (exact) mass is 524 g/mol. The first-order valence-corrected chi connectivity index (χ1v) is 11.3. The lowest BCUT2D eigenvalue weighted by Crippen LogP contribution is -2.45. The van der Waals surface area contributed by atoms with Gasteiger partial charge in [-0.05, 0) is 67.0 Å². The number of esters is 3. The molecule has 4 rings (SSSR count). The molecule has 1 aromatic rings. The zero-order valence-corrected chi connectivity index (χ0v) is 19.4. The molecule has 6 nitrogen and oxygen atoms in total. The van der Waals surface area contributed by atoms with Gasteiger partial charge in [-0.15, -0.1) is 0 Å². The minimum absolute atomic E-state index is 0.117. The molecule has 0 N–H and O–H groups in total. The lowest BCUT2D eigenvalue weighted by molar-refractivity contribution is -0.174. The molecule has 0 aromatic heterocycles. The fourth-order valence-electron chi connectivity index (χ4n) is 5.12. The Morgan fingerprint density at radius 2 is 1.93 bits per heavy atom. The first-order valence-electron chi connectivity index (χ1n) is 10.2. The van der Waals surface area contributed by atoms with E-state index in [1.165, 1.54) is 0 Å². The molecule has 160 valence electrons. The standard InChI is InChI=1S/C23H25IO6/c1-5-23(4,12-6-8-13(24)9-7-12)30-22(27)17-15-10-14-16(17)21(26)29-19(14)18(15)28-20(25)11(2)3/h6-9,14-19H,2,5,10H2,1,3-4H3. The molecule has 7 atom stereocenters. The van der Waals surface area contributed by atoms with Crippen molar-refractivity contribution in [3.05, 3.63) is 45.6 Å². The van der Waals surface area contributed by atoms with E-state index in [2.05, 4.69) is 29.2 Å². The molecule has 3 aliphatic rings. The van der Waals surface area contributed by atoms with Crippen LogP contribution in [-0.4, -0.2) is 30.1 Å². The number of carbonyl (C=O) groups excluding carboxylic acids is 3. The molecule has 0 radical (unpaired) electrons. The van der Waals surface area contributed by atoms with E-state index in [4.69, 9.17) is 14.2 Å². The minimum Gasteiger partial charge on any atom is -0.458 e. The van der Waals surface area contributed by atoms with E-state index in [0.717, 1.165) is 9.13 Å². The van der Waals surface area contributed by atoms with Crippen LogP contribution in [0.5, 0.6) is 0 Å². The van der Waals surface area contributed by atoms with E-state index >= 15 is 0 Å². The van der Waals surface area contributed by atoms with Gasteiger partial charge in [0.15, 0.2) is 0 Å². The second-order valence-corrected chi connectivity index (χ2v) is 9.92. The molecule has 1 saturated heterocycles. The Bertz CT molecular complexity index is 909. The highest BCUT2D eigenvalue weighted by atomic mass is 127. The van der Waals surface area contributed by atoms with Crippen LogP contribution < -0.4 is 0 Å². The third-order valence-corrected chi connectivity index (χ3v) is 7.58. The van der Waals surface area contributed by atoms with Crippen LogP contribution in [0.25, 0.3) is 0 Å². The molecule has 0 spiro atoms. The van der Waals surface area contributed by atoms with Gasteiger partial charge < -0.3 is 14.2 Å². The predicted octanol–water partition coefficient (Wildman–Crippen LogP) is 3.76. The van der Waals surface area contributed by atoms with E-state index in [1.54, 1.807) is 6.92 Å². The number of rotatable bonds is 6. The molecule has 2 bridgehead atoms. The Labute approximate surface area is 189 Å². The fraction of sp³-hybridized carbons (Fsp3) is 0.522. The van der Waals surface area contributed by atoms with Gasteiger partial charge in [0.1, 0.15) is 17.8 Å². The molecular formula is C23H25IO6. The molecule has 30 heavy (non-hydrogen) atoms. The second-order valence-electron chi connectivity index (χ2n) is 8.68. The molecule has 1 aromatic carbocycles. The summed E-state index contributed by atoms with van der Waals surface area (Å²) in [6.45, 7) is 9.03. The van der Waals surface area contributed by atoms with Crippen molar-refractivity contribution in [1.82, 2.24) is 0 Å². The number of benzene rings is 1. The van der Waals surface area contributed by atoms with E-state index in [9.17, 15) is 14.4 Å². The summed E-state index contributed by atoms with van der Waals surface area (Å²) in [6.07, 6.45) is 0.0899. The molecule has 1 heterocycles. The Morgan fingerprint density at radius 3 is 2.53 bits per heavy atom. The number of halogens is 1. The molecule has 7 heteroatoms. The van der Waals surface area contributed by atoms with Crippen LogP contribution in [0.15, 0.2) is 36.4 Å². The summed E-state index contributed by atoms with van der Waals surface area (Å²) in [5.74, 6) is -2.94. The molecule has 0 amide bonds. The average molecular weight is 524 g/mol. The van der Waals surface area contributed by atoms with Crippen molar-refractivity contribution >= 4 is 40.5 Å². The van der Waals surface area contributed by atoms with Gasteiger partial charge in [0.25, 0.3) is 0 Å². The normalized spacial score (nSPS) is 33.0. The SMILES string of the molecule is C=C(C)C(=O)OC1C2CC3C1OC(=O)C3C2C(=O)OC(C)(CC)c1ccc(I)cc1. The zero-order valence-electron chi connectivity index (χ0n) is 17.2. The lowest BCUT2D eigenvalue weighted by Gasteiger charge is -2.34. The highest BCUT2D eigenvalue weighted by molar-refractivity contribution is 14.1. The number of fused-ring (bicyclic) bond motifs is 1. The van der Waals surface area contributed by atoms with Crippen molar-refractivity contribution in [2.75, 3.05) is 0 Å². The van der Waals surface area contributed by atoms with E-state index in [-0.39, 0.29) is 17.4 Å². The third kappa shape index (κ3) is 3.35. The Hall–Kier alpha value is -1.90. The van der Waals surface area contributed by atoms with Gasteiger partial charge in [0.2, 0.25) is 0 Å². The van der Waals surface area contributed by atoms with E-state index in [0.29, 0.717) is 12.8 Å². The second kappa shape index (κ2) is 7.66. The first-order chi connectivity index (χ1) is 14.2. The quantitative estimate of drug-likeness (QED) is 0.244. The highest BCUT2D eigenvalue weighted by Gasteiger charge is 2.70. The van der Waals surface area contributed by atoms with Crippen LogP contribution in [-0.2, 0) is 34.2 Å². The number of ether oxygens (including phenoxy) is 3. The van der Waals surface area contributed by atoms with Gasteiger partial charge in [0.05, 0.1) is 11.8 Å². The molecule has 7 unspecified atom stereocenters. The summed E-state index contributed by atoms with van der Waals surface area (Å²) in [5.41, 5.74) is 0.365. The van der Waals surface area contributed by atoms with Crippen molar-refractivity contribution in [3.8, 4) is 0 Å². The van der Waals surface area contributed by atoms with E-state index in [1.807, 2.05) is 38.1 Å². The van der Waals surface area contributed by atoms with Crippen LogP contribution in [0, 0.1) is 27.2 Å².